The third kappa shape index (κ3) is 4.94. The molecular weight excluding hydrogens is 395 g/mol. The van der Waals surface area contributed by atoms with E-state index in [1.54, 1.807) is 19.9 Å². The minimum Gasteiger partial charge on any atom is -0.386 e. The first kappa shape index (κ1) is 22.1. The van der Waals surface area contributed by atoms with Gasteiger partial charge in [-0.25, -0.2) is 13.2 Å². The van der Waals surface area contributed by atoms with Gasteiger partial charge in [0.15, 0.2) is 11.6 Å². The predicted molar refractivity (Wildman–Crippen MR) is 109 cm³/mol. The van der Waals surface area contributed by atoms with Crippen molar-refractivity contribution in [3.8, 4) is 0 Å². The molecule has 2 aromatic rings. The first-order valence-electron chi connectivity index (χ1n) is 9.86. The van der Waals surface area contributed by atoms with Crippen LogP contribution in [-0.2, 0) is 0 Å². The van der Waals surface area contributed by atoms with Crippen molar-refractivity contribution < 1.29 is 23.1 Å². The smallest absolute Gasteiger partial charge is 0.256 e. The van der Waals surface area contributed by atoms with E-state index in [9.17, 15) is 23.1 Å². The van der Waals surface area contributed by atoms with E-state index >= 15 is 0 Å². The quantitative estimate of drug-likeness (QED) is 0.703. The zero-order valence-electron chi connectivity index (χ0n) is 17.0. The fraction of sp³-hybridized carbons (Fsp3) is 0.409. The molecule has 30 heavy (non-hydrogen) atoms. The molecule has 8 heteroatoms. The summed E-state index contributed by atoms with van der Waals surface area (Å²) >= 11 is 0. The molecule has 2 aromatic carbocycles. The average molecular weight is 421 g/mol. The van der Waals surface area contributed by atoms with Crippen molar-refractivity contribution in [2.24, 2.45) is 5.73 Å². The molecule has 0 bridgehead atoms. The molecule has 0 atom stereocenters. The van der Waals surface area contributed by atoms with Crippen LogP contribution in [0.3, 0.4) is 0 Å². The molecule has 1 heterocycles. The zero-order valence-corrected chi connectivity index (χ0v) is 17.0. The molecule has 0 spiro atoms. The number of carbonyl (C=O) groups is 1. The third-order valence-electron chi connectivity index (χ3n) is 5.21. The number of likely N-dealkylation sites (tertiary alicyclic amines) is 1. The van der Waals surface area contributed by atoms with Gasteiger partial charge in [0, 0.05) is 6.04 Å². The van der Waals surface area contributed by atoms with Crippen LogP contribution < -0.4 is 11.1 Å². The van der Waals surface area contributed by atoms with Crippen molar-refractivity contribution in [3.63, 3.8) is 0 Å². The van der Waals surface area contributed by atoms with Gasteiger partial charge in [0.25, 0.3) is 5.91 Å². The SMILES string of the molecule is Cc1ccc(Nc2c(C(=O)N3CC(C)(O)C3)ccc(F)c2F)c(F)c1.NC1CCC1. The van der Waals surface area contributed by atoms with Gasteiger partial charge >= 0.3 is 0 Å². The minimum atomic E-state index is -1.27. The van der Waals surface area contributed by atoms with Gasteiger partial charge in [-0.05, 0) is 56.5 Å². The standard InChI is InChI=1S/C18H17F3N2O2.C4H9N/c1-10-3-6-14(13(20)7-10)22-16-11(4-5-12(19)15(16)21)17(24)23-8-18(2,25)9-23;5-4-2-1-3-4/h3-7,22,25H,8-9H2,1-2H3;4H,1-3,5H2. The van der Waals surface area contributed by atoms with Gasteiger partial charge in [-0.15, -0.1) is 0 Å². The maximum Gasteiger partial charge on any atom is 0.256 e. The fourth-order valence-electron chi connectivity index (χ4n) is 3.24. The first-order valence-corrected chi connectivity index (χ1v) is 9.86. The number of benzene rings is 2. The highest BCUT2D eigenvalue weighted by atomic mass is 19.2. The second-order valence-corrected chi connectivity index (χ2v) is 8.24. The van der Waals surface area contributed by atoms with Crippen LogP contribution in [0.25, 0.3) is 0 Å². The van der Waals surface area contributed by atoms with Gasteiger partial charge in [0.05, 0.1) is 35.6 Å². The van der Waals surface area contributed by atoms with Crippen LogP contribution in [0.2, 0.25) is 0 Å². The van der Waals surface area contributed by atoms with Crippen molar-refractivity contribution in [3.05, 3.63) is 58.9 Å². The molecule has 1 saturated carbocycles. The summed E-state index contributed by atoms with van der Waals surface area (Å²) in [6, 6.07) is 6.79. The maximum absolute atomic E-state index is 14.3. The van der Waals surface area contributed by atoms with Crippen LogP contribution in [0.4, 0.5) is 24.5 Å². The van der Waals surface area contributed by atoms with Crippen molar-refractivity contribution in [2.75, 3.05) is 18.4 Å². The van der Waals surface area contributed by atoms with E-state index < -0.39 is 34.6 Å². The number of carbonyl (C=O) groups excluding carboxylic acids is 1. The average Bonchev–Trinajstić information content (AvgIpc) is 2.64. The summed E-state index contributed by atoms with van der Waals surface area (Å²) in [5, 5.41) is 12.2. The van der Waals surface area contributed by atoms with E-state index in [2.05, 4.69) is 5.32 Å². The molecule has 0 unspecified atom stereocenters. The number of hydrogen-bond acceptors (Lipinski definition) is 4. The number of anilines is 2. The highest BCUT2D eigenvalue weighted by Crippen LogP contribution is 2.31. The van der Waals surface area contributed by atoms with E-state index in [-0.39, 0.29) is 24.3 Å². The molecular formula is C22H26F3N3O2. The summed E-state index contributed by atoms with van der Waals surface area (Å²) in [5.74, 6) is -3.63. The normalized spacial score (nSPS) is 17.4. The molecule has 4 rings (SSSR count). The van der Waals surface area contributed by atoms with E-state index in [0.717, 1.165) is 12.1 Å². The fourth-order valence-corrected chi connectivity index (χ4v) is 3.24. The van der Waals surface area contributed by atoms with Crippen LogP contribution in [0.1, 0.15) is 42.1 Å². The van der Waals surface area contributed by atoms with Gasteiger partial charge in [0.1, 0.15) is 5.82 Å². The molecule has 1 aliphatic carbocycles. The number of halogens is 3. The Balaban J connectivity index is 0.000000448. The van der Waals surface area contributed by atoms with Crippen LogP contribution >= 0.6 is 0 Å². The number of β-amino-alcohol motifs (C(OH)–C–C–N with tert-alkyl or cyclic N) is 1. The van der Waals surface area contributed by atoms with Crippen molar-refractivity contribution in [2.45, 2.75) is 44.8 Å². The van der Waals surface area contributed by atoms with Gasteiger partial charge in [-0.2, -0.15) is 0 Å². The number of aliphatic hydroxyl groups is 1. The van der Waals surface area contributed by atoms with E-state index in [1.807, 2.05) is 0 Å². The Kier molecular flexibility index (Phi) is 6.38. The molecule has 4 N–H and O–H groups in total. The molecule has 1 saturated heterocycles. The zero-order chi connectivity index (χ0) is 22.1. The van der Waals surface area contributed by atoms with Gasteiger partial charge in [-0.3, -0.25) is 4.79 Å². The van der Waals surface area contributed by atoms with Crippen LogP contribution in [0, 0.1) is 24.4 Å². The lowest BCUT2D eigenvalue weighted by atomic mass is 9.95. The Hall–Kier alpha value is -2.58. The summed E-state index contributed by atoms with van der Waals surface area (Å²) in [6.45, 7) is 3.44. The lowest BCUT2D eigenvalue weighted by Gasteiger charge is -2.44. The second-order valence-electron chi connectivity index (χ2n) is 8.24. The second kappa shape index (κ2) is 8.65. The maximum atomic E-state index is 14.3. The summed E-state index contributed by atoms with van der Waals surface area (Å²) in [5.41, 5.74) is 4.42. The Morgan fingerprint density at radius 2 is 1.80 bits per heavy atom. The molecule has 0 aromatic heterocycles. The molecule has 5 nitrogen and oxygen atoms in total. The minimum absolute atomic E-state index is 0.0697. The largest absolute Gasteiger partial charge is 0.386 e. The van der Waals surface area contributed by atoms with Crippen molar-refractivity contribution >= 4 is 17.3 Å². The molecule has 2 aliphatic rings. The Morgan fingerprint density at radius 3 is 2.30 bits per heavy atom. The number of nitrogens with two attached hydrogens (primary N) is 1. The highest BCUT2D eigenvalue weighted by Gasteiger charge is 2.40. The number of rotatable bonds is 3. The summed E-state index contributed by atoms with van der Waals surface area (Å²) < 4.78 is 41.9. The predicted octanol–water partition coefficient (Wildman–Crippen LogP) is 3.86. The van der Waals surface area contributed by atoms with Crippen molar-refractivity contribution in [1.82, 2.24) is 4.90 Å². The number of nitrogens with one attached hydrogen (secondary N) is 1. The van der Waals surface area contributed by atoms with Crippen molar-refractivity contribution in [1.29, 1.82) is 0 Å². The van der Waals surface area contributed by atoms with Crippen LogP contribution in [0.5, 0.6) is 0 Å². The summed E-state index contributed by atoms with van der Waals surface area (Å²) in [4.78, 5) is 13.8. The lowest BCUT2D eigenvalue weighted by molar-refractivity contribution is -0.0668. The topological polar surface area (TPSA) is 78.6 Å². The molecule has 0 radical (unpaired) electrons. The Morgan fingerprint density at radius 1 is 1.17 bits per heavy atom. The first-order chi connectivity index (χ1) is 14.1. The van der Waals surface area contributed by atoms with Crippen LogP contribution in [0.15, 0.2) is 30.3 Å². The lowest BCUT2D eigenvalue weighted by Crippen LogP contribution is -2.61. The Bertz CT molecular complexity index is 937. The summed E-state index contributed by atoms with van der Waals surface area (Å²) in [6.07, 6.45) is 3.89. The highest BCUT2D eigenvalue weighted by molar-refractivity contribution is 6.01. The van der Waals surface area contributed by atoms with E-state index in [4.69, 9.17) is 5.73 Å². The molecule has 162 valence electrons. The Labute approximate surface area is 173 Å². The number of nitrogens with zero attached hydrogens (tertiary/aromatic N) is 1. The molecule has 1 aliphatic heterocycles. The molecule has 2 fully saturated rings. The monoisotopic (exact) mass is 421 g/mol. The number of amides is 1. The van der Waals surface area contributed by atoms with Gasteiger partial charge in [-0.1, -0.05) is 12.5 Å². The summed E-state index contributed by atoms with van der Waals surface area (Å²) in [7, 11) is 0. The number of aryl methyl sites for hydroxylation is 1. The third-order valence-corrected chi connectivity index (χ3v) is 5.21. The van der Waals surface area contributed by atoms with Gasteiger partial charge in [0.2, 0.25) is 0 Å². The van der Waals surface area contributed by atoms with Gasteiger partial charge < -0.3 is 21.1 Å². The molecule has 1 amide bonds. The van der Waals surface area contributed by atoms with E-state index in [1.165, 1.54) is 36.3 Å². The number of hydrogen-bond donors (Lipinski definition) is 3. The van der Waals surface area contributed by atoms with Crippen LogP contribution in [-0.4, -0.2) is 40.6 Å². The van der Waals surface area contributed by atoms with E-state index in [0.29, 0.717) is 11.6 Å².